The number of sulfone groups is 1. The van der Waals surface area contributed by atoms with Crippen LogP contribution >= 0.6 is 0 Å². The lowest BCUT2D eigenvalue weighted by Gasteiger charge is -2.20. The molecule has 0 aliphatic heterocycles. The van der Waals surface area contributed by atoms with Crippen LogP contribution in [0.3, 0.4) is 0 Å². The van der Waals surface area contributed by atoms with Crippen molar-refractivity contribution in [3.8, 4) is 0 Å². The number of hydrogen-bond donors (Lipinski definition) is 0. The van der Waals surface area contributed by atoms with E-state index < -0.39 is 9.84 Å². The standard InChI is InChI=1S/C24H20O2S/c25-27(26,18-8-2-1-3-9-18)24-12-6-11-20-22-14-13-17-7-4-5-10-19(17)21(22)15-16-23(20)24/h1-5,7-10,13,15-16H,6,11-12,14H2. The van der Waals surface area contributed by atoms with Crippen LogP contribution in [0.4, 0.5) is 0 Å². The minimum absolute atomic E-state index is 0.391. The summed E-state index contributed by atoms with van der Waals surface area (Å²) in [5, 5.41) is 4.70. The fourth-order valence-corrected chi connectivity index (χ4v) is 6.13. The molecule has 2 nitrogen and oxygen atoms in total. The van der Waals surface area contributed by atoms with Crippen molar-refractivity contribution in [2.75, 3.05) is 0 Å². The summed E-state index contributed by atoms with van der Waals surface area (Å²) in [5.41, 5.74) is 2.52. The van der Waals surface area contributed by atoms with E-state index in [1.165, 1.54) is 26.8 Å². The van der Waals surface area contributed by atoms with Gasteiger partial charge in [0, 0.05) is 0 Å². The maximum absolute atomic E-state index is 13.3. The molecule has 0 bridgehead atoms. The molecule has 0 aromatic heterocycles. The lowest BCUT2D eigenvalue weighted by Crippen LogP contribution is -2.25. The van der Waals surface area contributed by atoms with Gasteiger partial charge < -0.3 is 0 Å². The highest BCUT2D eigenvalue weighted by molar-refractivity contribution is 8.00. The molecule has 27 heavy (non-hydrogen) atoms. The molecular weight excluding hydrogens is 352 g/mol. The molecule has 0 atom stereocenters. The molecule has 2 aliphatic rings. The molecular formula is C24H20O2S. The highest BCUT2D eigenvalue weighted by Crippen LogP contribution is 2.28. The van der Waals surface area contributed by atoms with Crippen LogP contribution in [0.1, 0.15) is 24.0 Å². The van der Waals surface area contributed by atoms with Crippen molar-refractivity contribution in [3.05, 3.63) is 98.7 Å². The van der Waals surface area contributed by atoms with E-state index in [2.05, 4.69) is 36.4 Å². The average Bonchev–Trinajstić information content (AvgIpc) is 2.73. The number of fused-ring (bicyclic) bond motifs is 4. The Balaban J connectivity index is 1.86. The first-order chi connectivity index (χ1) is 13.2. The van der Waals surface area contributed by atoms with Crippen LogP contribution < -0.4 is 10.4 Å². The molecule has 5 rings (SSSR count). The molecule has 0 unspecified atom stereocenters. The lowest BCUT2D eigenvalue weighted by atomic mass is 9.89. The van der Waals surface area contributed by atoms with Crippen LogP contribution in [0.15, 0.2) is 71.6 Å². The summed E-state index contributed by atoms with van der Waals surface area (Å²) in [6.45, 7) is 0. The van der Waals surface area contributed by atoms with Crippen LogP contribution in [0.2, 0.25) is 0 Å². The Hall–Kier alpha value is -2.65. The van der Waals surface area contributed by atoms with Gasteiger partial charge in [-0.15, -0.1) is 0 Å². The van der Waals surface area contributed by atoms with Crippen molar-refractivity contribution in [1.29, 1.82) is 0 Å². The SMILES string of the molecule is O=S(=O)(C1=c2ccc3c(c2CCC1)CC=c1ccccc1=3)c1ccccc1. The van der Waals surface area contributed by atoms with Crippen LogP contribution in [-0.2, 0) is 22.7 Å². The van der Waals surface area contributed by atoms with Gasteiger partial charge in [0.2, 0.25) is 9.84 Å². The molecule has 134 valence electrons. The molecule has 0 N–H and O–H groups in total. The van der Waals surface area contributed by atoms with E-state index in [4.69, 9.17) is 0 Å². The van der Waals surface area contributed by atoms with Crippen molar-refractivity contribution in [2.45, 2.75) is 30.6 Å². The molecule has 2 aliphatic carbocycles. The molecule has 0 radical (unpaired) electrons. The summed E-state index contributed by atoms with van der Waals surface area (Å²) >= 11 is 0. The van der Waals surface area contributed by atoms with E-state index >= 15 is 0 Å². The highest BCUT2D eigenvalue weighted by Gasteiger charge is 2.25. The van der Waals surface area contributed by atoms with E-state index in [-0.39, 0.29) is 0 Å². The average molecular weight is 372 g/mol. The maximum Gasteiger partial charge on any atom is 0.203 e. The van der Waals surface area contributed by atoms with E-state index in [0.717, 1.165) is 24.5 Å². The van der Waals surface area contributed by atoms with Gasteiger partial charge in [-0.2, -0.15) is 0 Å². The van der Waals surface area contributed by atoms with Crippen molar-refractivity contribution in [3.63, 3.8) is 0 Å². The van der Waals surface area contributed by atoms with Gasteiger partial charge in [-0.05, 0) is 69.8 Å². The third kappa shape index (κ3) is 2.57. The quantitative estimate of drug-likeness (QED) is 0.692. The normalized spacial score (nSPS) is 15.3. The van der Waals surface area contributed by atoms with Gasteiger partial charge in [0.1, 0.15) is 0 Å². The molecule has 0 saturated heterocycles. The second-order valence-electron chi connectivity index (χ2n) is 7.21. The van der Waals surface area contributed by atoms with Crippen molar-refractivity contribution in [1.82, 2.24) is 0 Å². The van der Waals surface area contributed by atoms with E-state index in [9.17, 15) is 8.42 Å². The molecule has 0 amide bonds. The summed E-state index contributed by atoms with van der Waals surface area (Å²) in [6.07, 6.45) is 5.57. The maximum atomic E-state index is 13.3. The number of rotatable bonds is 2. The fourth-order valence-electron chi connectivity index (χ4n) is 4.44. The van der Waals surface area contributed by atoms with Crippen molar-refractivity contribution >= 4 is 20.8 Å². The predicted octanol–water partition coefficient (Wildman–Crippen LogP) is 3.23. The minimum atomic E-state index is -3.46. The zero-order valence-corrected chi connectivity index (χ0v) is 15.8. The molecule has 0 fully saturated rings. The Morgan fingerprint density at radius 1 is 0.667 bits per heavy atom. The van der Waals surface area contributed by atoms with E-state index in [0.29, 0.717) is 16.2 Å². The van der Waals surface area contributed by atoms with Crippen LogP contribution in [-0.4, -0.2) is 8.42 Å². The van der Waals surface area contributed by atoms with Crippen LogP contribution in [0, 0.1) is 10.4 Å². The summed E-state index contributed by atoms with van der Waals surface area (Å²) in [5.74, 6) is 0. The largest absolute Gasteiger partial charge is 0.219 e. The summed E-state index contributed by atoms with van der Waals surface area (Å²) in [6, 6.07) is 21.4. The first kappa shape index (κ1) is 16.5. The Morgan fingerprint density at radius 2 is 1.41 bits per heavy atom. The molecule has 3 heteroatoms. The van der Waals surface area contributed by atoms with E-state index in [1.54, 1.807) is 24.3 Å². The highest BCUT2D eigenvalue weighted by atomic mass is 32.2. The van der Waals surface area contributed by atoms with Gasteiger partial charge in [-0.3, -0.25) is 0 Å². The van der Waals surface area contributed by atoms with Crippen molar-refractivity contribution in [2.24, 2.45) is 0 Å². The topological polar surface area (TPSA) is 34.1 Å². The molecule has 0 heterocycles. The summed E-state index contributed by atoms with van der Waals surface area (Å²) < 4.78 is 26.5. The molecule has 3 aromatic rings. The Bertz CT molecular complexity index is 1370. The third-order valence-corrected chi connectivity index (χ3v) is 7.68. The second kappa shape index (κ2) is 6.21. The molecule has 0 saturated carbocycles. The second-order valence-corrected chi connectivity index (χ2v) is 9.18. The van der Waals surface area contributed by atoms with E-state index in [1.807, 2.05) is 12.1 Å². The van der Waals surface area contributed by atoms with Gasteiger partial charge >= 0.3 is 0 Å². The molecule has 0 spiro atoms. The van der Waals surface area contributed by atoms with Crippen molar-refractivity contribution < 1.29 is 8.42 Å². The summed E-state index contributed by atoms with van der Waals surface area (Å²) in [4.78, 5) is 0.971. The monoisotopic (exact) mass is 372 g/mol. The predicted molar refractivity (Wildman–Crippen MR) is 108 cm³/mol. The van der Waals surface area contributed by atoms with Gasteiger partial charge in [-0.25, -0.2) is 8.42 Å². The molecule has 3 aromatic carbocycles. The Kier molecular flexibility index (Phi) is 3.80. The fraction of sp³-hybridized carbons (Fsp3) is 0.167. The summed E-state index contributed by atoms with van der Waals surface area (Å²) in [7, 11) is -3.46. The van der Waals surface area contributed by atoms with Crippen LogP contribution in [0.5, 0.6) is 0 Å². The zero-order valence-electron chi connectivity index (χ0n) is 15.0. The zero-order chi connectivity index (χ0) is 18.4. The first-order valence-electron chi connectivity index (χ1n) is 9.40. The van der Waals surface area contributed by atoms with Gasteiger partial charge in [0.25, 0.3) is 0 Å². The third-order valence-electron chi connectivity index (χ3n) is 5.72. The smallest absolute Gasteiger partial charge is 0.203 e. The first-order valence-corrected chi connectivity index (χ1v) is 10.9. The lowest BCUT2D eigenvalue weighted by molar-refractivity contribution is 0.603. The van der Waals surface area contributed by atoms with Gasteiger partial charge in [-0.1, -0.05) is 60.7 Å². The Morgan fingerprint density at radius 3 is 2.26 bits per heavy atom. The number of benzene rings is 3. The Labute approximate surface area is 158 Å². The van der Waals surface area contributed by atoms with Crippen LogP contribution in [0.25, 0.3) is 11.0 Å². The minimum Gasteiger partial charge on any atom is -0.219 e. The van der Waals surface area contributed by atoms with Gasteiger partial charge in [0.15, 0.2) is 0 Å². The van der Waals surface area contributed by atoms with Gasteiger partial charge in [0.05, 0.1) is 9.80 Å². The number of hydrogen-bond acceptors (Lipinski definition) is 2.